The van der Waals surface area contributed by atoms with Crippen molar-refractivity contribution in [1.29, 1.82) is 0 Å². The number of anilines is 1. The second-order valence-corrected chi connectivity index (χ2v) is 5.31. The summed E-state index contributed by atoms with van der Waals surface area (Å²) in [6, 6.07) is 9.66. The summed E-state index contributed by atoms with van der Waals surface area (Å²) in [6.45, 7) is 3.96. The highest BCUT2D eigenvalue weighted by Crippen LogP contribution is 2.20. The molecule has 19 heavy (non-hydrogen) atoms. The molecule has 4 nitrogen and oxygen atoms in total. The maximum atomic E-state index is 12.2. The zero-order valence-corrected chi connectivity index (χ0v) is 11.6. The second kappa shape index (κ2) is 6.17. The zero-order chi connectivity index (χ0) is 13.8. The van der Waals surface area contributed by atoms with Gasteiger partial charge in [0.1, 0.15) is 0 Å². The molecule has 2 unspecified atom stereocenters. The monoisotopic (exact) mass is 262 g/mol. The number of amides is 1. The topological polar surface area (TPSA) is 43.8 Å². The molecule has 0 aliphatic carbocycles. The molecule has 1 amide bonds. The molecule has 1 aliphatic rings. The van der Waals surface area contributed by atoms with Gasteiger partial charge in [0, 0.05) is 19.3 Å². The van der Waals surface area contributed by atoms with Crippen LogP contribution in [0, 0.1) is 5.92 Å². The first-order valence-electron chi connectivity index (χ1n) is 6.80. The van der Waals surface area contributed by atoms with E-state index < -0.39 is 0 Å². The first-order chi connectivity index (χ1) is 9.08. The molecule has 0 saturated carbocycles. The maximum Gasteiger partial charge on any atom is 0.240 e. The molecule has 104 valence electrons. The Balaban J connectivity index is 1.88. The third kappa shape index (κ3) is 3.55. The number of rotatable bonds is 4. The minimum atomic E-state index is -0.285. The minimum absolute atomic E-state index is 0.0949. The Bertz CT molecular complexity index is 419. The number of benzene rings is 1. The number of carbonyl (C=O) groups excluding carboxylic acids is 1. The molecule has 1 aromatic rings. The SMILES string of the molecule is CC(O)C1CCN(CC(=O)N(C)c2ccccc2)C1. The molecule has 4 heteroatoms. The standard InChI is InChI=1S/C15H22N2O2/c1-12(18)13-8-9-17(10-13)11-15(19)16(2)14-6-4-3-5-7-14/h3-7,12-13,18H,8-11H2,1-2H3. The molecule has 1 saturated heterocycles. The van der Waals surface area contributed by atoms with Gasteiger partial charge in [0.05, 0.1) is 12.6 Å². The van der Waals surface area contributed by atoms with E-state index in [1.54, 1.807) is 11.9 Å². The molecule has 1 fully saturated rings. The number of nitrogens with zero attached hydrogens (tertiary/aromatic N) is 2. The van der Waals surface area contributed by atoms with Crippen molar-refractivity contribution < 1.29 is 9.90 Å². The van der Waals surface area contributed by atoms with Crippen molar-refractivity contribution in [3.63, 3.8) is 0 Å². The van der Waals surface area contributed by atoms with E-state index in [-0.39, 0.29) is 12.0 Å². The fourth-order valence-corrected chi connectivity index (χ4v) is 2.49. The predicted octanol–water partition coefficient (Wildman–Crippen LogP) is 1.35. The summed E-state index contributed by atoms with van der Waals surface area (Å²) in [5.41, 5.74) is 0.916. The van der Waals surface area contributed by atoms with Gasteiger partial charge in [0.15, 0.2) is 0 Å². The van der Waals surface area contributed by atoms with Gasteiger partial charge in [0.2, 0.25) is 5.91 Å². The molecule has 1 N–H and O–H groups in total. The Labute approximate surface area is 114 Å². The van der Waals surface area contributed by atoms with Crippen molar-refractivity contribution in [2.24, 2.45) is 5.92 Å². The Morgan fingerprint density at radius 3 is 2.74 bits per heavy atom. The zero-order valence-electron chi connectivity index (χ0n) is 11.6. The summed E-state index contributed by atoms with van der Waals surface area (Å²) in [7, 11) is 1.81. The lowest BCUT2D eigenvalue weighted by molar-refractivity contribution is -0.119. The van der Waals surface area contributed by atoms with Crippen LogP contribution in [-0.4, -0.2) is 48.7 Å². The molecule has 2 rings (SSSR count). The molecule has 0 radical (unpaired) electrons. The summed E-state index contributed by atoms with van der Waals surface area (Å²) in [5.74, 6) is 0.396. The molecule has 0 bridgehead atoms. The van der Waals surface area contributed by atoms with Gasteiger partial charge in [-0.1, -0.05) is 18.2 Å². The molecule has 0 spiro atoms. The van der Waals surface area contributed by atoms with Gasteiger partial charge < -0.3 is 10.0 Å². The van der Waals surface area contributed by atoms with Gasteiger partial charge in [0.25, 0.3) is 0 Å². The minimum Gasteiger partial charge on any atom is -0.393 e. The van der Waals surface area contributed by atoms with E-state index in [0.29, 0.717) is 12.5 Å². The van der Waals surface area contributed by atoms with Crippen molar-refractivity contribution in [2.75, 3.05) is 31.6 Å². The van der Waals surface area contributed by atoms with Gasteiger partial charge in [-0.05, 0) is 37.9 Å². The second-order valence-electron chi connectivity index (χ2n) is 5.31. The van der Waals surface area contributed by atoms with Crippen molar-refractivity contribution in [2.45, 2.75) is 19.4 Å². The van der Waals surface area contributed by atoms with Crippen LogP contribution >= 0.6 is 0 Å². The van der Waals surface area contributed by atoms with Crippen molar-refractivity contribution in [3.8, 4) is 0 Å². The molecule has 1 heterocycles. The largest absolute Gasteiger partial charge is 0.393 e. The van der Waals surface area contributed by atoms with Crippen LogP contribution in [0.1, 0.15) is 13.3 Å². The maximum absolute atomic E-state index is 12.2. The summed E-state index contributed by atoms with van der Waals surface area (Å²) >= 11 is 0. The van der Waals surface area contributed by atoms with Crippen LogP contribution in [0.3, 0.4) is 0 Å². The van der Waals surface area contributed by atoms with Gasteiger partial charge in [-0.25, -0.2) is 0 Å². The third-order valence-corrected chi connectivity index (χ3v) is 3.87. The number of aliphatic hydroxyl groups is 1. The van der Waals surface area contributed by atoms with E-state index in [1.807, 2.05) is 37.3 Å². The summed E-state index contributed by atoms with van der Waals surface area (Å²) in [5, 5.41) is 9.57. The Morgan fingerprint density at radius 1 is 1.47 bits per heavy atom. The number of hydrogen-bond donors (Lipinski definition) is 1. The first kappa shape index (κ1) is 14.0. The fourth-order valence-electron chi connectivity index (χ4n) is 2.49. The Morgan fingerprint density at radius 2 is 2.16 bits per heavy atom. The van der Waals surface area contributed by atoms with Crippen LogP contribution in [0.2, 0.25) is 0 Å². The van der Waals surface area contributed by atoms with E-state index in [9.17, 15) is 9.90 Å². The highest BCUT2D eigenvalue weighted by Gasteiger charge is 2.27. The normalized spacial score (nSPS) is 21.3. The van der Waals surface area contributed by atoms with E-state index in [4.69, 9.17) is 0 Å². The predicted molar refractivity (Wildman–Crippen MR) is 76.1 cm³/mol. The smallest absolute Gasteiger partial charge is 0.240 e. The Kier molecular flexibility index (Phi) is 4.56. The van der Waals surface area contributed by atoms with Gasteiger partial charge in [-0.15, -0.1) is 0 Å². The first-order valence-corrected chi connectivity index (χ1v) is 6.80. The van der Waals surface area contributed by atoms with Crippen LogP contribution in [0.15, 0.2) is 30.3 Å². The van der Waals surface area contributed by atoms with Crippen LogP contribution in [0.5, 0.6) is 0 Å². The number of likely N-dealkylation sites (N-methyl/N-ethyl adjacent to an activating group) is 1. The number of likely N-dealkylation sites (tertiary alicyclic amines) is 1. The van der Waals surface area contributed by atoms with Crippen molar-refractivity contribution >= 4 is 11.6 Å². The molecular weight excluding hydrogens is 240 g/mol. The fraction of sp³-hybridized carbons (Fsp3) is 0.533. The molecular formula is C15H22N2O2. The van der Waals surface area contributed by atoms with Crippen molar-refractivity contribution in [3.05, 3.63) is 30.3 Å². The third-order valence-electron chi connectivity index (χ3n) is 3.87. The highest BCUT2D eigenvalue weighted by atomic mass is 16.3. The summed E-state index contributed by atoms with van der Waals surface area (Å²) in [4.78, 5) is 16.0. The van der Waals surface area contributed by atoms with E-state index in [1.165, 1.54) is 0 Å². The van der Waals surface area contributed by atoms with Crippen LogP contribution in [-0.2, 0) is 4.79 Å². The van der Waals surface area contributed by atoms with Crippen LogP contribution in [0.4, 0.5) is 5.69 Å². The summed E-state index contributed by atoms with van der Waals surface area (Å²) < 4.78 is 0. The lowest BCUT2D eigenvalue weighted by atomic mass is 10.0. The van der Waals surface area contributed by atoms with E-state index in [0.717, 1.165) is 25.2 Å². The number of carbonyl (C=O) groups is 1. The van der Waals surface area contributed by atoms with Gasteiger partial charge in [-0.2, -0.15) is 0 Å². The molecule has 0 aromatic heterocycles. The number of aliphatic hydroxyl groups excluding tert-OH is 1. The summed E-state index contributed by atoms with van der Waals surface area (Å²) in [6.07, 6.45) is 0.687. The van der Waals surface area contributed by atoms with E-state index >= 15 is 0 Å². The Hall–Kier alpha value is -1.39. The quantitative estimate of drug-likeness (QED) is 0.891. The molecule has 1 aliphatic heterocycles. The van der Waals surface area contributed by atoms with Gasteiger partial charge >= 0.3 is 0 Å². The van der Waals surface area contributed by atoms with Crippen molar-refractivity contribution in [1.82, 2.24) is 4.90 Å². The van der Waals surface area contributed by atoms with E-state index in [2.05, 4.69) is 4.90 Å². The molecule has 1 aromatic carbocycles. The molecule has 2 atom stereocenters. The van der Waals surface area contributed by atoms with Crippen LogP contribution < -0.4 is 4.90 Å². The van der Waals surface area contributed by atoms with Crippen LogP contribution in [0.25, 0.3) is 0 Å². The average Bonchev–Trinajstić information content (AvgIpc) is 2.87. The lowest BCUT2D eigenvalue weighted by Gasteiger charge is -2.22. The number of para-hydroxylation sites is 1. The van der Waals surface area contributed by atoms with Gasteiger partial charge in [-0.3, -0.25) is 9.69 Å². The number of hydrogen-bond acceptors (Lipinski definition) is 3. The average molecular weight is 262 g/mol. The lowest BCUT2D eigenvalue weighted by Crippen LogP contribution is -2.37. The highest BCUT2D eigenvalue weighted by molar-refractivity contribution is 5.94.